The van der Waals surface area contributed by atoms with E-state index >= 15 is 0 Å². The first-order chi connectivity index (χ1) is 50.0. The number of hydrogen-bond donors (Lipinski definition) is 19. The number of aliphatic hydroxyl groups is 12. The smallest absolute Gasteiger partial charge is 0.222 e. The van der Waals surface area contributed by atoms with Gasteiger partial charge in [0.05, 0.1) is 59.5 Å². The maximum atomic E-state index is 13.8. The Hall–Kier alpha value is -4.88. The fourth-order valence-electron chi connectivity index (χ4n) is 11.1. The summed E-state index contributed by atoms with van der Waals surface area (Å²) in [6.07, 6.45) is -9.30. The molecule has 7 amide bonds. The van der Waals surface area contributed by atoms with Crippen LogP contribution in [0.2, 0.25) is 0 Å². The highest BCUT2D eigenvalue weighted by molar-refractivity contribution is 5.79. The third kappa shape index (κ3) is 39.3. The molecular formula is C68H123N7O29. The maximum Gasteiger partial charge on any atom is 0.222 e. The fourth-order valence-corrected chi connectivity index (χ4v) is 11.1. The number of hydrogen-bond acceptors (Lipinski definition) is 29. The Kier molecular flexibility index (Phi) is 49.8. The van der Waals surface area contributed by atoms with Gasteiger partial charge in [-0.15, -0.1) is 0 Å². The van der Waals surface area contributed by atoms with Crippen LogP contribution in [0.1, 0.15) is 167 Å². The van der Waals surface area contributed by atoms with Crippen LogP contribution in [0.25, 0.3) is 0 Å². The van der Waals surface area contributed by atoms with Crippen LogP contribution >= 0.6 is 0 Å². The molecule has 15 atom stereocenters. The molecule has 9 unspecified atom stereocenters. The average molecular weight is 1500 g/mol. The van der Waals surface area contributed by atoms with Crippen molar-refractivity contribution in [1.29, 1.82) is 0 Å². The lowest BCUT2D eigenvalue weighted by Gasteiger charge is -2.39. The molecule has 0 aromatic rings. The summed E-state index contributed by atoms with van der Waals surface area (Å²) in [5.74, 6) is -1.96. The predicted molar refractivity (Wildman–Crippen MR) is 367 cm³/mol. The summed E-state index contributed by atoms with van der Waals surface area (Å²) in [6, 6.07) is 0. The van der Waals surface area contributed by atoms with Crippen molar-refractivity contribution >= 4 is 47.1 Å². The van der Waals surface area contributed by atoms with E-state index in [1.54, 1.807) is 6.92 Å². The molecule has 19 N–H and O–H groups in total. The first kappa shape index (κ1) is 93.3. The minimum Gasteiger partial charge on any atom is -0.394 e. The van der Waals surface area contributed by atoms with E-state index in [0.717, 1.165) is 44.9 Å². The van der Waals surface area contributed by atoms with Gasteiger partial charge in [0.25, 0.3) is 0 Å². The molecule has 0 aromatic heterocycles. The van der Waals surface area contributed by atoms with Gasteiger partial charge in [-0.25, -0.2) is 0 Å². The van der Waals surface area contributed by atoms with Crippen molar-refractivity contribution in [3.8, 4) is 0 Å². The molecule has 3 heterocycles. The van der Waals surface area contributed by atoms with Gasteiger partial charge in [-0.3, -0.25) is 33.6 Å². The van der Waals surface area contributed by atoms with Crippen LogP contribution in [0.3, 0.4) is 0 Å². The number of rotatable bonds is 60. The molecule has 3 rings (SSSR count). The maximum absolute atomic E-state index is 13.8. The van der Waals surface area contributed by atoms with Crippen molar-refractivity contribution < 1.29 is 142 Å². The molecule has 0 aliphatic carbocycles. The molecular weight excluding hydrogens is 1380 g/mol. The molecule has 104 heavy (non-hydrogen) atoms. The zero-order valence-corrected chi connectivity index (χ0v) is 60.4. The molecule has 0 saturated carbocycles. The van der Waals surface area contributed by atoms with Gasteiger partial charge in [-0.2, -0.15) is 0 Å². The van der Waals surface area contributed by atoms with Gasteiger partial charge >= 0.3 is 0 Å². The van der Waals surface area contributed by atoms with Crippen LogP contribution in [0.5, 0.6) is 0 Å². The minimum atomic E-state index is -1.57. The van der Waals surface area contributed by atoms with Crippen molar-refractivity contribution in [2.75, 3.05) is 119 Å². The van der Waals surface area contributed by atoms with Gasteiger partial charge in [-0.1, -0.05) is 38.5 Å². The fraction of sp³-hybridized carbons (Fsp3) is 0.882. The average Bonchev–Trinajstić information content (AvgIpc) is 0.839. The number of carbonyl (C=O) groups excluding carboxylic acids is 8. The second kappa shape index (κ2) is 55.5. The summed E-state index contributed by atoms with van der Waals surface area (Å²) in [5, 5.41) is 138. The Morgan fingerprint density at radius 1 is 0.298 bits per heavy atom. The van der Waals surface area contributed by atoms with Crippen molar-refractivity contribution in [3.63, 3.8) is 0 Å². The van der Waals surface area contributed by atoms with E-state index in [9.17, 15) is 99.6 Å². The van der Waals surface area contributed by atoms with E-state index in [-0.39, 0.29) is 191 Å². The van der Waals surface area contributed by atoms with Crippen LogP contribution in [0.4, 0.5) is 0 Å². The highest BCUT2D eigenvalue weighted by atomic mass is 16.7. The van der Waals surface area contributed by atoms with E-state index < -0.39 is 117 Å². The third-order valence-corrected chi connectivity index (χ3v) is 17.4. The van der Waals surface area contributed by atoms with E-state index in [1.165, 1.54) is 0 Å². The third-order valence-electron chi connectivity index (χ3n) is 17.4. The molecule has 3 fully saturated rings. The second-order valence-electron chi connectivity index (χ2n) is 26.5. The standard InChI is InChI=1S/C68H123N7O29/c1-45(79)19-8-6-4-2-3-5-7-9-23-55(86)75-68(42-96-36-24-52(83)72-30-16-27-69-49(80)20-10-13-33-99-65-62(93)59(90)56(87)46(39-76)102-65,43-97-37-25-53(84)73-31-17-28-70-50(81)21-11-14-34-100-66-63(94)60(91)57(88)47(40-77)103-66)44-98-38-26-54(85)74-32-18-29-71-51(82)22-12-15-35-101-67-64(95)61(92)58(89)48(41-78)104-67/h46-48,56-67,76-78,87-95H,2-44H2,1H3,(H,69,80)(H,70,81)(H,71,82)(H,72,83)(H,73,84)(H,74,85)(H,75,86)/t46?,47?,48?,56-,57-,58-,59?,60?,61?,62?,63?,64?,65+,66+,67+,68?/m1/s1. The molecule has 3 saturated heterocycles. The molecule has 0 spiro atoms. The predicted octanol–water partition coefficient (Wildman–Crippen LogP) is -4.62. The normalized spacial score (nSPS) is 25.3. The van der Waals surface area contributed by atoms with Gasteiger partial charge < -0.3 is 146 Å². The lowest BCUT2D eigenvalue weighted by atomic mass is 9.99. The highest BCUT2D eigenvalue weighted by Crippen LogP contribution is 2.25. The summed E-state index contributed by atoms with van der Waals surface area (Å²) >= 11 is 0. The van der Waals surface area contributed by atoms with E-state index in [2.05, 4.69) is 37.2 Å². The van der Waals surface area contributed by atoms with Gasteiger partial charge in [0.2, 0.25) is 41.4 Å². The van der Waals surface area contributed by atoms with Crippen LogP contribution in [0, 0.1) is 0 Å². The molecule has 3 aliphatic rings. The molecule has 0 aromatic carbocycles. The number of unbranched alkanes of at least 4 members (excludes halogenated alkanes) is 10. The molecule has 36 nitrogen and oxygen atoms in total. The number of amides is 7. The Balaban J connectivity index is 1.51. The lowest BCUT2D eigenvalue weighted by molar-refractivity contribution is -0.301. The van der Waals surface area contributed by atoms with Crippen molar-refractivity contribution in [3.05, 3.63) is 0 Å². The number of ether oxygens (including phenoxy) is 9. The minimum absolute atomic E-state index is 0.0703. The zero-order valence-electron chi connectivity index (χ0n) is 60.4. The number of ketones is 1. The first-order valence-electron chi connectivity index (χ1n) is 36.9. The number of nitrogens with one attached hydrogen (secondary N) is 7. The Morgan fingerprint density at radius 2 is 0.548 bits per heavy atom. The largest absolute Gasteiger partial charge is 0.394 e. The summed E-state index contributed by atoms with van der Waals surface area (Å²) < 4.78 is 50.6. The summed E-state index contributed by atoms with van der Waals surface area (Å²) in [6.45, 7) is 0.515. The van der Waals surface area contributed by atoms with Crippen molar-refractivity contribution in [1.82, 2.24) is 37.2 Å². The number of Topliss-reactive ketones (excluding diaryl/α,β-unsaturated/α-hetero) is 1. The van der Waals surface area contributed by atoms with Crippen LogP contribution in [-0.2, 0) is 81.0 Å². The molecule has 0 radical (unpaired) electrons. The van der Waals surface area contributed by atoms with Crippen LogP contribution in [-0.4, -0.2) is 325 Å². The van der Waals surface area contributed by atoms with Crippen molar-refractivity contribution in [2.24, 2.45) is 0 Å². The van der Waals surface area contributed by atoms with E-state index in [0.29, 0.717) is 70.6 Å². The van der Waals surface area contributed by atoms with E-state index in [4.69, 9.17) is 42.6 Å². The van der Waals surface area contributed by atoms with E-state index in [1.807, 2.05) is 0 Å². The topological polar surface area (TPSA) is 547 Å². The zero-order chi connectivity index (χ0) is 76.5. The quantitative estimate of drug-likeness (QED) is 0.0255. The molecule has 3 aliphatic heterocycles. The highest BCUT2D eigenvalue weighted by Gasteiger charge is 2.46. The number of aliphatic hydroxyl groups excluding tert-OH is 12. The van der Waals surface area contributed by atoms with Gasteiger partial charge in [0.15, 0.2) is 18.9 Å². The van der Waals surface area contributed by atoms with Crippen LogP contribution in [0.15, 0.2) is 0 Å². The first-order valence-corrected chi connectivity index (χ1v) is 36.9. The van der Waals surface area contributed by atoms with Gasteiger partial charge in [0.1, 0.15) is 84.6 Å². The van der Waals surface area contributed by atoms with Gasteiger partial charge in [-0.05, 0) is 77.6 Å². The monoisotopic (exact) mass is 1500 g/mol. The lowest BCUT2D eigenvalue weighted by Crippen LogP contribution is -2.59. The SMILES string of the molecule is CC(=O)CCCCCCCCCCC(=O)NC(COCCC(=O)NCCCNC(=O)CCCCO[C@H]1OC(CO)[C@@H](O)C(O)C1O)(COCCC(=O)NCCCNC(=O)CCCCO[C@H]1OC(CO)[C@@H](O)C(O)C1O)COCCC(=O)NCCCNC(=O)CCCCO[C@H]1OC(CO)[C@@H](O)C(O)C1O. The molecule has 604 valence electrons. The molecule has 36 heteroatoms. The summed E-state index contributed by atoms with van der Waals surface area (Å²) in [5.41, 5.74) is -1.39. The molecule has 0 bridgehead atoms. The summed E-state index contributed by atoms with van der Waals surface area (Å²) in [4.78, 5) is 102. The van der Waals surface area contributed by atoms with Crippen molar-refractivity contribution in [2.45, 2.75) is 265 Å². The van der Waals surface area contributed by atoms with Gasteiger partial charge in [0, 0.05) is 110 Å². The Labute approximate surface area is 608 Å². The van der Waals surface area contributed by atoms with Crippen LogP contribution < -0.4 is 37.2 Å². The second-order valence-corrected chi connectivity index (χ2v) is 26.5. The number of carbonyl (C=O) groups is 8. The Bertz CT molecular complexity index is 2180. The summed E-state index contributed by atoms with van der Waals surface area (Å²) in [7, 11) is 0. The Morgan fingerprint density at radius 3 is 0.827 bits per heavy atom.